The van der Waals surface area contributed by atoms with Crippen LogP contribution in [-0.2, 0) is 6.54 Å². The van der Waals surface area contributed by atoms with Crippen LogP contribution in [0.25, 0.3) is 33.3 Å². The molecule has 0 radical (unpaired) electrons. The van der Waals surface area contributed by atoms with Crippen molar-refractivity contribution in [2.24, 2.45) is 0 Å². The number of H-pyrrole nitrogens is 1. The molecule has 7 nitrogen and oxygen atoms in total. The lowest BCUT2D eigenvalue weighted by Crippen LogP contribution is -2.43. The van der Waals surface area contributed by atoms with E-state index >= 15 is 0 Å². The molecule has 0 atom stereocenters. The van der Waals surface area contributed by atoms with Crippen LogP contribution in [0.2, 0.25) is 0 Å². The molecule has 0 unspecified atom stereocenters. The summed E-state index contributed by atoms with van der Waals surface area (Å²) in [7, 11) is 1.73. The SMILES string of the molecule is COc1cc(-c2cnc3[nH]cc(-c4c(C)nn(Cc5cccc(F)c5)c4C)c3c2)ccc1N1CCNCC1.Cl. The van der Waals surface area contributed by atoms with Crippen molar-refractivity contribution in [3.8, 4) is 28.0 Å². The topological polar surface area (TPSA) is 71.0 Å². The van der Waals surface area contributed by atoms with E-state index in [4.69, 9.17) is 14.8 Å². The molecule has 5 aromatic rings. The summed E-state index contributed by atoms with van der Waals surface area (Å²) in [6, 6.07) is 15.2. The number of nitrogens with one attached hydrogen (secondary N) is 2. The Bertz CT molecular complexity index is 1620. The van der Waals surface area contributed by atoms with Gasteiger partial charge in [-0.15, -0.1) is 12.4 Å². The van der Waals surface area contributed by atoms with Crippen molar-refractivity contribution in [3.05, 3.63) is 83.7 Å². The van der Waals surface area contributed by atoms with Crippen LogP contribution in [0.3, 0.4) is 0 Å². The van der Waals surface area contributed by atoms with Crippen LogP contribution in [0.5, 0.6) is 5.75 Å². The Balaban J connectivity index is 0.00000308. The quantitative estimate of drug-likeness (QED) is 0.284. The molecule has 0 spiro atoms. The first kappa shape index (κ1) is 26.7. The number of benzene rings is 2. The average molecular weight is 547 g/mol. The predicted molar refractivity (Wildman–Crippen MR) is 157 cm³/mol. The Kier molecular flexibility index (Phi) is 7.59. The third kappa shape index (κ3) is 5.10. The van der Waals surface area contributed by atoms with Crippen molar-refractivity contribution in [1.29, 1.82) is 0 Å². The zero-order chi connectivity index (χ0) is 26.2. The lowest BCUT2D eigenvalue weighted by molar-refractivity contribution is 0.413. The van der Waals surface area contributed by atoms with Crippen LogP contribution in [0.4, 0.5) is 10.1 Å². The van der Waals surface area contributed by atoms with Crippen LogP contribution < -0.4 is 15.0 Å². The maximum Gasteiger partial charge on any atom is 0.142 e. The highest BCUT2D eigenvalue weighted by Gasteiger charge is 2.19. The number of aryl methyl sites for hydroxylation is 1. The molecule has 3 aromatic heterocycles. The van der Waals surface area contributed by atoms with Gasteiger partial charge in [-0.1, -0.05) is 18.2 Å². The number of fused-ring (bicyclic) bond motifs is 1. The van der Waals surface area contributed by atoms with E-state index in [1.807, 2.05) is 30.1 Å². The smallest absolute Gasteiger partial charge is 0.142 e. The van der Waals surface area contributed by atoms with Gasteiger partial charge >= 0.3 is 0 Å². The number of anilines is 1. The summed E-state index contributed by atoms with van der Waals surface area (Å²) in [5.74, 6) is 0.626. The number of aromatic nitrogens is 4. The molecule has 39 heavy (non-hydrogen) atoms. The van der Waals surface area contributed by atoms with Gasteiger partial charge in [-0.05, 0) is 55.3 Å². The molecule has 2 aromatic carbocycles. The van der Waals surface area contributed by atoms with E-state index in [1.54, 1.807) is 19.2 Å². The van der Waals surface area contributed by atoms with Gasteiger partial charge in [0.2, 0.25) is 0 Å². The van der Waals surface area contributed by atoms with E-state index in [0.29, 0.717) is 6.54 Å². The van der Waals surface area contributed by atoms with E-state index < -0.39 is 0 Å². The molecule has 0 saturated carbocycles. The van der Waals surface area contributed by atoms with Crippen molar-refractivity contribution in [1.82, 2.24) is 25.1 Å². The van der Waals surface area contributed by atoms with Crippen molar-refractivity contribution in [2.75, 3.05) is 38.2 Å². The Hall–Kier alpha value is -3.88. The molecule has 9 heteroatoms. The number of aromatic amines is 1. The predicted octanol–water partition coefficient (Wildman–Crippen LogP) is 5.74. The summed E-state index contributed by atoms with van der Waals surface area (Å²) >= 11 is 0. The Labute approximate surface area is 233 Å². The molecule has 202 valence electrons. The van der Waals surface area contributed by atoms with E-state index in [1.165, 1.54) is 6.07 Å². The second kappa shape index (κ2) is 11.1. The largest absolute Gasteiger partial charge is 0.495 e. The lowest BCUT2D eigenvalue weighted by Gasteiger charge is -2.30. The Morgan fingerprint density at radius 2 is 1.85 bits per heavy atom. The second-order valence-corrected chi connectivity index (χ2v) is 9.78. The molecular formula is C30H32ClFN6O. The van der Waals surface area contributed by atoms with Crippen LogP contribution in [0.15, 0.2) is 60.9 Å². The number of rotatable bonds is 6. The number of ether oxygens (including phenoxy) is 1. The van der Waals surface area contributed by atoms with E-state index in [9.17, 15) is 4.39 Å². The number of hydrogen-bond acceptors (Lipinski definition) is 5. The number of piperazine rings is 1. The summed E-state index contributed by atoms with van der Waals surface area (Å²) < 4.78 is 21.5. The van der Waals surface area contributed by atoms with E-state index in [-0.39, 0.29) is 18.2 Å². The molecule has 0 amide bonds. The highest BCUT2D eigenvalue weighted by molar-refractivity contribution is 5.97. The van der Waals surface area contributed by atoms with E-state index in [0.717, 1.165) is 87.9 Å². The monoisotopic (exact) mass is 546 g/mol. The van der Waals surface area contributed by atoms with E-state index in [2.05, 4.69) is 46.4 Å². The van der Waals surface area contributed by atoms with Crippen molar-refractivity contribution >= 4 is 29.1 Å². The number of methoxy groups -OCH3 is 1. The van der Waals surface area contributed by atoms with Gasteiger partial charge in [0.05, 0.1) is 25.0 Å². The first-order valence-electron chi connectivity index (χ1n) is 12.9. The number of nitrogens with zero attached hydrogens (tertiary/aromatic N) is 4. The third-order valence-electron chi connectivity index (χ3n) is 7.37. The van der Waals surface area contributed by atoms with Crippen LogP contribution in [0, 0.1) is 19.7 Å². The van der Waals surface area contributed by atoms with Crippen LogP contribution in [-0.4, -0.2) is 53.0 Å². The zero-order valence-corrected chi connectivity index (χ0v) is 23.1. The summed E-state index contributed by atoms with van der Waals surface area (Å²) in [5.41, 5.74) is 8.97. The maximum absolute atomic E-state index is 13.7. The first-order chi connectivity index (χ1) is 18.5. The number of halogens is 2. The summed E-state index contributed by atoms with van der Waals surface area (Å²) in [6.45, 7) is 8.45. The fraction of sp³-hybridized carbons (Fsp3) is 0.267. The average Bonchev–Trinajstić information content (AvgIpc) is 3.47. The minimum Gasteiger partial charge on any atom is -0.495 e. The van der Waals surface area contributed by atoms with Gasteiger partial charge in [-0.25, -0.2) is 9.37 Å². The molecule has 1 aliphatic heterocycles. The van der Waals surface area contributed by atoms with Gasteiger partial charge in [0, 0.05) is 66.3 Å². The van der Waals surface area contributed by atoms with Gasteiger partial charge in [0.15, 0.2) is 0 Å². The summed E-state index contributed by atoms with van der Waals surface area (Å²) in [6.07, 6.45) is 3.90. The molecular weight excluding hydrogens is 515 g/mol. The molecule has 2 N–H and O–H groups in total. The molecule has 4 heterocycles. The fourth-order valence-electron chi connectivity index (χ4n) is 5.44. The highest BCUT2D eigenvalue weighted by Crippen LogP contribution is 2.37. The van der Waals surface area contributed by atoms with Crippen LogP contribution in [0.1, 0.15) is 17.0 Å². The van der Waals surface area contributed by atoms with Gasteiger partial charge < -0.3 is 19.9 Å². The molecule has 1 aliphatic rings. The van der Waals surface area contributed by atoms with Gasteiger partial charge in [-0.3, -0.25) is 4.68 Å². The molecule has 1 fully saturated rings. The fourth-order valence-corrected chi connectivity index (χ4v) is 5.44. The Morgan fingerprint density at radius 1 is 1.03 bits per heavy atom. The minimum absolute atomic E-state index is 0. The minimum atomic E-state index is -0.239. The summed E-state index contributed by atoms with van der Waals surface area (Å²) in [5, 5.41) is 9.22. The maximum atomic E-state index is 13.7. The number of hydrogen-bond donors (Lipinski definition) is 2. The first-order valence-corrected chi connectivity index (χ1v) is 12.9. The molecule has 0 bridgehead atoms. The van der Waals surface area contributed by atoms with Crippen molar-refractivity contribution in [2.45, 2.75) is 20.4 Å². The second-order valence-electron chi connectivity index (χ2n) is 9.78. The molecule has 6 rings (SSSR count). The van der Waals surface area contributed by atoms with Gasteiger partial charge in [0.1, 0.15) is 17.2 Å². The normalized spacial score (nSPS) is 13.5. The number of pyridine rings is 1. The highest BCUT2D eigenvalue weighted by atomic mass is 35.5. The standard InChI is InChI=1S/C30H31FN6O.ClH/c1-19-29(20(2)37(35-19)18-21-5-4-6-24(31)13-21)26-17-34-30-25(26)14-23(16-33-30)22-7-8-27(28(15-22)38-3)36-11-9-32-10-12-36;/h4-8,13-17,32H,9-12,18H2,1-3H3,(H,33,34);1H. The Morgan fingerprint density at radius 3 is 2.62 bits per heavy atom. The van der Waals surface area contributed by atoms with Gasteiger partial charge in [-0.2, -0.15) is 5.10 Å². The van der Waals surface area contributed by atoms with Crippen molar-refractivity contribution in [3.63, 3.8) is 0 Å². The van der Waals surface area contributed by atoms with Crippen molar-refractivity contribution < 1.29 is 9.13 Å². The lowest BCUT2D eigenvalue weighted by atomic mass is 10.0. The zero-order valence-electron chi connectivity index (χ0n) is 22.3. The third-order valence-corrected chi connectivity index (χ3v) is 7.37. The van der Waals surface area contributed by atoms with Gasteiger partial charge in [0.25, 0.3) is 0 Å². The summed E-state index contributed by atoms with van der Waals surface area (Å²) in [4.78, 5) is 10.4. The molecule has 0 aliphatic carbocycles. The molecule has 1 saturated heterocycles. The van der Waals surface area contributed by atoms with Crippen LogP contribution >= 0.6 is 12.4 Å².